The molecule has 0 radical (unpaired) electrons. The predicted molar refractivity (Wildman–Crippen MR) is 66.0 cm³/mol. The molecule has 0 aliphatic carbocycles. The lowest BCUT2D eigenvalue weighted by atomic mass is 10.2. The summed E-state index contributed by atoms with van der Waals surface area (Å²) in [6, 6.07) is 4.79. The number of ether oxygens (including phenoxy) is 2. The zero-order valence-corrected chi connectivity index (χ0v) is 10.6. The van der Waals surface area contributed by atoms with Gasteiger partial charge < -0.3 is 9.47 Å². The minimum Gasteiger partial charge on any atom is -0.492 e. The summed E-state index contributed by atoms with van der Waals surface area (Å²) in [5.74, 6) is -0.577. The van der Waals surface area contributed by atoms with Crippen molar-refractivity contribution in [3.8, 4) is 11.4 Å². The van der Waals surface area contributed by atoms with Gasteiger partial charge in [0.15, 0.2) is 0 Å². The number of esters is 1. The normalized spacial score (nSPS) is 10.3. The highest BCUT2D eigenvalue weighted by atomic mass is 19.1. The maximum absolute atomic E-state index is 12.9. The second kappa shape index (κ2) is 5.51. The van der Waals surface area contributed by atoms with E-state index >= 15 is 0 Å². The third kappa shape index (κ3) is 2.73. The number of nitrogens with zero attached hydrogens (tertiary/aromatic N) is 2. The fraction of sp³-hybridized carbons (Fsp3) is 0.231. The summed E-state index contributed by atoms with van der Waals surface area (Å²) < 4.78 is 24.5. The van der Waals surface area contributed by atoms with Crippen LogP contribution in [0.25, 0.3) is 5.69 Å². The van der Waals surface area contributed by atoms with E-state index in [9.17, 15) is 9.18 Å². The summed E-state index contributed by atoms with van der Waals surface area (Å²) in [5, 5.41) is 0. The first kappa shape index (κ1) is 13.1. The molecule has 0 aliphatic heterocycles. The Morgan fingerprint density at radius 1 is 1.47 bits per heavy atom. The molecule has 0 aliphatic rings. The molecule has 0 unspecified atom stereocenters. The molecule has 19 heavy (non-hydrogen) atoms. The molecule has 1 aromatic heterocycles. The highest BCUT2D eigenvalue weighted by Crippen LogP contribution is 2.25. The number of benzene rings is 1. The molecule has 0 amide bonds. The first-order valence-corrected chi connectivity index (χ1v) is 5.70. The predicted octanol–water partition coefficient (Wildman–Crippen LogP) is 2.20. The molecular formula is C13H13FN2O3. The number of aromatic nitrogens is 2. The van der Waals surface area contributed by atoms with E-state index in [0.717, 1.165) is 0 Å². The summed E-state index contributed by atoms with van der Waals surface area (Å²) >= 11 is 0. The number of methoxy groups -OCH3 is 1. The molecule has 0 N–H and O–H groups in total. The number of carbonyl (C=O) groups excluding carboxylic acids is 1. The molecule has 1 heterocycles. The van der Waals surface area contributed by atoms with Crippen molar-refractivity contribution in [1.82, 2.24) is 9.55 Å². The van der Waals surface area contributed by atoms with Crippen LogP contribution in [0.15, 0.2) is 30.7 Å². The van der Waals surface area contributed by atoms with Crippen molar-refractivity contribution >= 4 is 5.97 Å². The molecule has 5 nitrogen and oxygen atoms in total. The number of hydrogen-bond acceptors (Lipinski definition) is 4. The van der Waals surface area contributed by atoms with Crippen LogP contribution >= 0.6 is 0 Å². The molecule has 0 fully saturated rings. The molecule has 0 atom stereocenters. The Bertz CT molecular complexity index is 595. The van der Waals surface area contributed by atoms with Gasteiger partial charge in [-0.25, -0.2) is 9.78 Å². The van der Waals surface area contributed by atoms with Gasteiger partial charge in [0.25, 0.3) is 0 Å². The van der Waals surface area contributed by atoms with Crippen LogP contribution < -0.4 is 4.74 Å². The van der Waals surface area contributed by atoms with Gasteiger partial charge in [0.2, 0.25) is 5.95 Å². The van der Waals surface area contributed by atoms with E-state index in [-0.39, 0.29) is 0 Å². The van der Waals surface area contributed by atoms with Gasteiger partial charge in [-0.2, -0.15) is 4.39 Å². The summed E-state index contributed by atoms with van der Waals surface area (Å²) in [6.45, 7) is 2.25. The Morgan fingerprint density at radius 2 is 2.26 bits per heavy atom. The van der Waals surface area contributed by atoms with Gasteiger partial charge in [-0.05, 0) is 25.1 Å². The van der Waals surface area contributed by atoms with Crippen LogP contribution in [0.4, 0.5) is 4.39 Å². The minimum absolute atomic E-state index is 0.371. The SMILES string of the molecule is CCOc1cc(C(=O)OC)ccc1-n1cnc(F)c1. The lowest BCUT2D eigenvalue weighted by molar-refractivity contribution is 0.0600. The lowest BCUT2D eigenvalue weighted by Crippen LogP contribution is -2.05. The molecule has 1 aromatic carbocycles. The maximum Gasteiger partial charge on any atom is 0.337 e. The van der Waals surface area contributed by atoms with Crippen molar-refractivity contribution in [2.75, 3.05) is 13.7 Å². The van der Waals surface area contributed by atoms with Crippen LogP contribution in [0.1, 0.15) is 17.3 Å². The van der Waals surface area contributed by atoms with Gasteiger partial charge in [0, 0.05) is 0 Å². The monoisotopic (exact) mass is 264 g/mol. The molecule has 6 heteroatoms. The van der Waals surface area contributed by atoms with Crippen LogP contribution in [0.2, 0.25) is 0 Å². The quantitative estimate of drug-likeness (QED) is 0.794. The molecule has 100 valence electrons. The Kier molecular flexibility index (Phi) is 3.79. The molecule has 0 saturated carbocycles. The van der Waals surface area contributed by atoms with Crippen LogP contribution in [-0.2, 0) is 4.74 Å². The fourth-order valence-electron chi connectivity index (χ4n) is 1.67. The third-order valence-corrected chi connectivity index (χ3v) is 2.51. The van der Waals surface area contributed by atoms with Crippen molar-refractivity contribution in [2.45, 2.75) is 6.92 Å². The van der Waals surface area contributed by atoms with Gasteiger partial charge in [-0.1, -0.05) is 0 Å². The van der Waals surface area contributed by atoms with Crippen LogP contribution in [0, 0.1) is 5.95 Å². The van der Waals surface area contributed by atoms with Crippen molar-refractivity contribution in [3.05, 3.63) is 42.2 Å². The van der Waals surface area contributed by atoms with Gasteiger partial charge in [-0.15, -0.1) is 0 Å². The Balaban J connectivity index is 2.46. The number of hydrogen-bond donors (Lipinski definition) is 0. The smallest absolute Gasteiger partial charge is 0.337 e. The van der Waals surface area contributed by atoms with Crippen molar-refractivity contribution in [2.24, 2.45) is 0 Å². The average Bonchev–Trinajstić information content (AvgIpc) is 2.84. The van der Waals surface area contributed by atoms with E-state index < -0.39 is 11.9 Å². The lowest BCUT2D eigenvalue weighted by Gasteiger charge is -2.11. The maximum atomic E-state index is 12.9. The summed E-state index contributed by atoms with van der Waals surface area (Å²) in [7, 11) is 1.31. The van der Waals surface area contributed by atoms with Gasteiger partial charge in [0.05, 0.1) is 31.2 Å². The first-order valence-electron chi connectivity index (χ1n) is 5.70. The Labute approximate surface area is 109 Å². The van der Waals surface area contributed by atoms with Crippen molar-refractivity contribution < 1.29 is 18.7 Å². The number of rotatable bonds is 4. The fourth-order valence-corrected chi connectivity index (χ4v) is 1.67. The molecule has 0 bridgehead atoms. The van der Waals surface area contributed by atoms with Crippen molar-refractivity contribution in [1.29, 1.82) is 0 Å². The summed E-state index contributed by atoms with van der Waals surface area (Å²) in [4.78, 5) is 15.0. The van der Waals surface area contributed by atoms with E-state index in [1.54, 1.807) is 18.2 Å². The molecule has 0 saturated heterocycles. The minimum atomic E-state index is -0.584. The molecule has 2 aromatic rings. The second-order valence-corrected chi connectivity index (χ2v) is 3.71. The first-order chi connectivity index (χ1) is 9.15. The van der Waals surface area contributed by atoms with E-state index in [1.807, 2.05) is 6.92 Å². The Hall–Kier alpha value is -2.37. The molecule has 2 rings (SSSR count). The summed E-state index contributed by atoms with van der Waals surface area (Å²) in [6.07, 6.45) is 2.57. The highest BCUT2D eigenvalue weighted by Gasteiger charge is 2.12. The summed E-state index contributed by atoms with van der Waals surface area (Å²) in [5.41, 5.74) is 0.973. The van der Waals surface area contributed by atoms with Crippen LogP contribution in [0.3, 0.4) is 0 Å². The standard InChI is InChI=1S/C13H13FN2O3/c1-3-19-11-6-9(13(17)18-2)4-5-10(11)16-7-12(14)15-8-16/h4-8H,3H2,1-2H3. The topological polar surface area (TPSA) is 53.4 Å². The van der Waals surface area contributed by atoms with E-state index in [2.05, 4.69) is 9.72 Å². The number of carbonyl (C=O) groups is 1. The zero-order chi connectivity index (χ0) is 13.8. The molecule has 0 spiro atoms. The third-order valence-electron chi connectivity index (χ3n) is 2.51. The molecular weight excluding hydrogens is 251 g/mol. The van der Waals surface area contributed by atoms with Crippen molar-refractivity contribution in [3.63, 3.8) is 0 Å². The van der Waals surface area contributed by atoms with Crippen LogP contribution in [-0.4, -0.2) is 29.2 Å². The number of halogens is 1. The Morgan fingerprint density at radius 3 is 2.84 bits per heavy atom. The number of imidazole rings is 1. The van der Waals surface area contributed by atoms with E-state index in [1.165, 1.54) is 24.2 Å². The van der Waals surface area contributed by atoms with Gasteiger partial charge in [0.1, 0.15) is 12.1 Å². The van der Waals surface area contributed by atoms with E-state index in [0.29, 0.717) is 23.6 Å². The van der Waals surface area contributed by atoms with Gasteiger partial charge >= 0.3 is 5.97 Å². The highest BCUT2D eigenvalue weighted by molar-refractivity contribution is 5.90. The van der Waals surface area contributed by atoms with E-state index in [4.69, 9.17) is 4.74 Å². The van der Waals surface area contributed by atoms with Crippen LogP contribution in [0.5, 0.6) is 5.75 Å². The largest absolute Gasteiger partial charge is 0.492 e. The van der Waals surface area contributed by atoms with Gasteiger partial charge in [-0.3, -0.25) is 4.57 Å². The average molecular weight is 264 g/mol. The zero-order valence-electron chi connectivity index (χ0n) is 10.6. The second-order valence-electron chi connectivity index (χ2n) is 3.71.